The lowest BCUT2D eigenvalue weighted by molar-refractivity contribution is 0.101. The van der Waals surface area contributed by atoms with Crippen molar-refractivity contribution in [2.24, 2.45) is 0 Å². The van der Waals surface area contributed by atoms with Gasteiger partial charge in [0.2, 0.25) is 0 Å². The van der Waals surface area contributed by atoms with Crippen LogP contribution in [0.1, 0.15) is 73.1 Å². The summed E-state index contributed by atoms with van der Waals surface area (Å²) in [4.78, 5) is 17.6. The molecule has 220 valence electrons. The quantitative estimate of drug-likeness (QED) is 0.135. The number of carbonyl (C=O) groups excluding carboxylic acids is 1. The van der Waals surface area contributed by atoms with E-state index in [2.05, 4.69) is 38.7 Å². The molecule has 0 spiro atoms. The van der Waals surface area contributed by atoms with Crippen molar-refractivity contribution < 1.29 is 6.17 Å². The zero-order chi connectivity index (χ0) is 31.6. The minimum Gasteiger partial charge on any atom is -0.377 e. The van der Waals surface area contributed by atoms with Crippen molar-refractivity contribution >= 4 is 39.7 Å². The molecular formula is C34H31ClN8O. The molecule has 0 radical (unpaired) electrons. The molecule has 0 amide bonds. The molecule has 2 atom stereocenters. The molecule has 6 rings (SSSR count). The van der Waals surface area contributed by atoms with Gasteiger partial charge in [-0.25, -0.2) is 0 Å². The molecule has 1 fully saturated rings. The maximum Gasteiger partial charge on any atom is 0.162 e. The third-order valence-corrected chi connectivity index (χ3v) is 8.08. The highest BCUT2D eigenvalue weighted by atomic mass is 35.5. The van der Waals surface area contributed by atoms with Crippen LogP contribution in [0.3, 0.4) is 0 Å². The Morgan fingerprint density at radius 3 is 2.64 bits per heavy atom. The largest absolute Gasteiger partial charge is 0.377 e. The number of hydrogen-bond acceptors (Lipinski definition) is 9. The molecule has 1 saturated carbocycles. The van der Waals surface area contributed by atoms with Crippen LogP contribution >= 0.6 is 11.6 Å². The Kier molecular flexibility index (Phi) is 7.97. The van der Waals surface area contributed by atoms with Crippen LogP contribution < -0.4 is 21.6 Å². The predicted molar refractivity (Wildman–Crippen MR) is 171 cm³/mol. The van der Waals surface area contributed by atoms with E-state index in [-0.39, 0.29) is 11.8 Å². The van der Waals surface area contributed by atoms with E-state index in [1.54, 1.807) is 24.3 Å². The maximum atomic E-state index is 13.0. The standard InChI is InChI=1S/C34H31ClN8O/c1-21(44)27-16-24(39-34(26-10-5-6-11-29(26)35)31-20-43(42-41-31)25-13-14-25)17-28-32(23(18-37)19-38-33(27)28)40-30(12-7-15-36)22-8-3-2-4-9-22/h2-6,8-11,16-17,19-20,25,30,34,39,41-42H,7,12-14H2,1H3,(H,38,40)/t30-,34+/m1/s1/i34D. The lowest BCUT2D eigenvalue weighted by Crippen LogP contribution is -2.38. The van der Waals surface area contributed by atoms with Crippen LogP contribution in [0, 0.1) is 22.7 Å². The van der Waals surface area contributed by atoms with Gasteiger partial charge in [0.25, 0.3) is 0 Å². The highest BCUT2D eigenvalue weighted by Crippen LogP contribution is 2.38. The molecule has 1 aliphatic carbocycles. The average molecular weight is 604 g/mol. The van der Waals surface area contributed by atoms with E-state index >= 15 is 0 Å². The van der Waals surface area contributed by atoms with Crippen LogP contribution in [0.4, 0.5) is 11.4 Å². The van der Waals surface area contributed by atoms with E-state index in [1.165, 1.54) is 13.1 Å². The number of fused-ring (bicyclic) bond motifs is 1. The van der Waals surface area contributed by atoms with Gasteiger partial charge in [0, 0.05) is 46.5 Å². The van der Waals surface area contributed by atoms with Gasteiger partial charge in [0.05, 0.1) is 42.0 Å². The fourth-order valence-electron chi connectivity index (χ4n) is 5.37. The zero-order valence-electron chi connectivity index (χ0n) is 25.1. The molecule has 0 bridgehead atoms. The van der Waals surface area contributed by atoms with E-state index in [9.17, 15) is 16.7 Å². The lowest BCUT2D eigenvalue weighted by Gasteiger charge is -2.24. The van der Waals surface area contributed by atoms with E-state index < -0.39 is 6.02 Å². The van der Waals surface area contributed by atoms with Gasteiger partial charge in [-0.3, -0.25) is 14.8 Å². The van der Waals surface area contributed by atoms with Gasteiger partial charge in [-0.2, -0.15) is 10.5 Å². The van der Waals surface area contributed by atoms with Crippen molar-refractivity contribution in [1.29, 1.82) is 10.5 Å². The predicted octanol–water partition coefficient (Wildman–Crippen LogP) is 6.90. The number of nitrogens with one attached hydrogen (secondary N) is 4. The molecule has 44 heavy (non-hydrogen) atoms. The molecule has 4 N–H and O–H groups in total. The second kappa shape index (κ2) is 12.6. The number of halogens is 1. The third-order valence-electron chi connectivity index (χ3n) is 7.75. The number of rotatable bonds is 11. The van der Waals surface area contributed by atoms with Gasteiger partial charge in [0.15, 0.2) is 5.78 Å². The minimum absolute atomic E-state index is 0.219. The molecule has 3 aromatic carbocycles. The smallest absolute Gasteiger partial charge is 0.162 e. The SMILES string of the molecule is [2H][C@@](Nc1cc(C(C)=O)c2ncc(C#N)c(N[C@H](CCC#N)c3ccccc3)c2c1)(C1=CN(C2CC2)NN1)c1ccccc1Cl. The number of pyridine rings is 1. The van der Waals surface area contributed by atoms with E-state index in [4.69, 9.17) is 11.6 Å². The molecule has 2 aliphatic rings. The Balaban J connectivity index is 1.50. The molecular weight excluding hydrogens is 572 g/mol. The number of hydrogen-bond donors (Lipinski definition) is 4. The number of benzene rings is 3. The van der Waals surface area contributed by atoms with Crippen LogP contribution in [0.2, 0.25) is 5.02 Å². The van der Waals surface area contributed by atoms with Gasteiger partial charge in [-0.1, -0.05) is 60.1 Å². The molecule has 4 aromatic rings. The minimum atomic E-state index is -1.59. The Labute approximate surface area is 262 Å². The van der Waals surface area contributed by atoms with Crippen LogP contribution in [-0.4, -0.2) is 21.8 Å². The number of aromatic nitrogens is 1. The second-order valence-corrected chi connectivity index (χ2v) is 11.2. The lowest BCUT2D eigenvalue weighted by atomic mass is 9.98. The van der Waals surface area contributed by atoms with Crippen molar-refractivity contribution in [2.75, 3.05) is 10.6 Å². The Morgan fingerprint density at radius 1 is 1.16 bits per heavy atom. The van der Waals surface area contributed by atoms with Gasteiger partial charge in [-0.05, 0) is 55.5 Å². The number of hydrazine groups is 2. The second-order valence-electron chi connectivity index (χ2n) is 10.8. The van der Waals surface area contributed by atoms with Gasteiger partial charge in [0.1, 0.15) is 6.07 Å². The monoisotopic (exact) mass is 603 g/mol. The van der Waals surface area contributed by atoms with Crippen LogP contribution in [-0.2, 0) is 0 Å². The van der Waals surface area contributed by atoms with Crippen molar-refractivity contribution in [3.05, 3.63) is 112 Å². The van der Waals surface area contributed by atoms with Crippen LogP contribution in [0.5, 0.6) is 0 Å². The molecule has 0 unspecified atom stereocenters. The normalized spacial score (nSPS) is 16.5. The highest BCUT2D eigenvalue weighted by molar-refractivity contribution is 6.31. The fourth-order valence-corrected chi connectivity index (χ4v) is 5.60. The Hall–Kier alpha value is -5.09. The van der Waals surface area contributed by atoms with Gasteiger partial charge in [-0.15, -0.1) is 5.53 Å². The molecule has 2 heterocycles. The average Bonchev–Trinajstić information content (AvgIpc) is 3.78. The summed E-state index contributed by atoms with van der Waals surface area (Å²) in [6, 6.07) is 23.3. The van der Waals surface area contributed by atoms with Gasteiger partial charge < -0.3 is 16.1 Å². The summed E-state index contributed by atoms with van der Waals surface area (Å²) in [7, 11) is 0. The fraction of sp³-hybridized carbons (Fsp3) is 0.235. The first-order valence-electron chi connectivity index (χ1n) is 14.9. The van der Waals surface area contributed by atoms with Crippen LogP contribution in [0.15, 0.2) is 84.8 Å². The number of Topliss-reactive ketones (excluding diaryl/α,β-unsaturated/α-hetero) is 1. The summed E-state index contributed by atoms with van der Waals surface area (Å²) in [6.07, 6.45) is 6.24. The topological polar surface area (TPSA) is 129 Å². The Bertz CT molecular complexity index is 1880. The maximum absolute atomic E-state index is 13.0. The summed E-state index contributed by atoms with van der Waals surface area (Å²) in [5.74, 6) is -0.219. The first-order chi connectivity index (χ1) is 21.8. The number of carbonyl (C=O) groups is 1. The summed E-state index contributed by atoms with van der Waals surface area (Å²) >= 11 is 6.68. The summed E-state index contributed by atoms with van der Waals surface area (Å²) in [5, 5.41) is 29.3. The number of anilines is 2. The van der Waals surface area contributed by atoms with E-state index in [0.717, 1.165) is 18.4 Å². The molecule has 0 saturated heterocycles. The first-order valence-corrected chi connectivity index (χ1v) is 14.8. The molecule has 9 nitrogen and oxygen atoms in total. The zero-order valence-corrected chi connectivity index (χ0v) is 24.8. The Morgan fingerprint density at radius 2 is 1.93 bits per heavy atom. The number of ketones is 1. The molecule has 1 aromatic heterocycles. The number of nitriles is 2. The van der Waals surface area contributed by atoms with Crippen molar-refractivity contribution in [1.82, 2.24) is 21.0 Å². The van der Waals surface area contributed by atoms with Crippen molar-refractivity contribution in [2.45, 2.75) is 50.7 Å². The van der Waals surface area contributed by atoms with Crippen molar-refractivity contribution in [3.8, 4) is 12.1 Å². The first kappa shape index (κ1) is 27.7. The van der Waals surface area contributed by atoms with E-state index in [1.807, 2.05) is 53.7 Å². The third kappa shape index (κ3) is 6.02. The summed E-state index contributed by atoms with van der Waals surface area (Å²) in [5.41, 5.74) is 10.3. The number of nitrogens with zero attached hydrogens (tertiary/aromatic N) is 4. The van der Waals surface area contributed by atoms with Crippen molar-refractivity contribution in [3.63, 3.8) is 0 Å². The van der Waals surface area contributed by atoms with Gasteiger partial charge >= 0.3 is 0 Å². The molecule has 10 heteroatoms. The highest BCUT2D eigenvalue weighted by Gasteiger charge is 2.33. The van der Waals surface area contributed by atoms with E-state index in [0.29, 0.717) is 68.6 Å². The van der Waals surface area contributed by atoms with Crippen LogP contribution in [0.25, 0.3) is 10.9 Å². The summed E-state index contributed by atoms with van der Waals surface area (Å²) in [6.45, 7) is 1.46. The summed E-state index contributed by atoms with van der Waals surface area (Å²) < 4.78 is 9.82. The molecule has 1 aliphatic heterocycles.